The van der Waals surface area contributed by atoms with Crippen molar-refractivity contribution in [2.45, 2.75) is 57.0 Å². The zero-order chi connectivity index (χ0) is 21.0. The quantitative estimate of drug-likeness (QED) is 0.624. The Bertz CT molecular complexity index is 874. The van der Waals surface area contributed by atoms with Crippen molar-refractivity contribution in [2.24, 2.45) is 0 Å². The van der Waals surface area contributed by atoms with E-state index in [-0.39, 0.29) is 30.8 Å². The van der Waals surface area contributed by atoms with Crippen LogP contribution in [0.4, 0.5) is 4.79 Å². The largest absolute Gasteiger partial charge is 0.337 e. The first-order valence-corrected chi connectivity index (χ1v) is 12.3. The van der Waals surface area contributed by atoms with Crippen LogP contribution in [-0.4, -0.2) is 46.3 Å². The number of nitrogens with zero attached hydrogens (tertiary/aromatic N) is 2. The van der Waals surface area contributed by atoms with Gasteiger partial charge in [0, 0.05) is 29.3 Å². The molecule has 4 amide bonds. The van der Waals surface area contributed by atoms with Crippen LogP contribution in [0.5, 0.6) is 0 Å². The second kappa shape index (κ2) is 9.31. The van der Waals surface area contributed by atoms with Crippen molar-refractivity contribution in [1.82, 2.24) is 15.1 Å². The molecule has 0 atom stereocenters. The highest BCUT2D eigenvalue weighted by Gasteiger charge is 2.51. The maximum atomic E-state index is 13.0. The molecule has 2 aliphatic rings. The Morgan fingerprint density at radius 3 is 2.43 bits per heavy atom. The van der Waals surface area contributed by atoms with E-state index in [0.717, 1.165) is 30.6 Å². The van der Waals surface area contributed by atoms with Gasteiger partial charge in [0.2, 0.25) is 5.91 Å². The molecule has 3 heterocycles. The molecule has 0 aromatic carbocycles. The fraction of sp³-hybridized carbons (Fsp3) is 0.500. The number of urea groups is 1. The molecule has 2 fully saturated rings. The Balaban J connectivity index is 1.37. The summed E-state index contributed by atoms with van der Waals surface area (Å²) in [5.41, 5.74) is -0.728. The van der Waals surface area contributed by atoms with E-state index in [9.17, 15) is 14.4 Å². The fourth-order valence-corrected chi connectivity index (χ4v) is 5.74. The Kier molecular flexibility index (Phi) is 6.53. The minimum atomic E-state index is -0.728. The lowest BCUT2D eigenvalue weighted by atomic mass is 9.82. The van der Waals surface area contributed by atoms with Gasteiger partial charge in [0.25, 0.3) is 5.91 Å². The second-order valence-electron chi connectivity index (χ2n) is 8.00. The monoisotopic (exact) mass is 445 g/mol. The molecule has 1 saturated heterocycles. The first kappa shape index (κ1) is 21.1. The molecule has 0 radical (unpaired) electrons. The summed E-state index contributed by atoms with van der Waals surface area (Å²) in [6, 6.07) is 7.76. The number of carbonyl (C=O) groups excluding carboxylic acids is 3. The van der Waals surface area contributed by atoms with Crippen molar-refractivity contribution in [1.29, 1.82) is 0 Å². The predicted molar refractivity (Wildman–Crippen MR) is 118 cm³/mol. The maximum Gasteiger partial charge on any atom is 0.325 e. The number of rotatable bonds is 8. The van der Waals surface area contributed by atoms with Crippen LogP contribution < -0.4 is 5.32 Å². The van der Waals surface area contributed by atoms with E-state index in [1.807, 2.05) is 33.9 Å². The van der Waals surface area contributed by atoms with Gasteiger partial charge >= 0.3 is 6.03 Å². The van der Waals surface area contributed by atoms with Gasteiger partial charge in [-0.2, -0.15) is 0 Å². The Morgan fingerprint density at radius 1 is 1.07 bits per heavy atom. The van der Waals surface area contributed by atoms with Crippen molar-refractivity contribution in [3.63, 3.8) is 0 Å². The minimum Gasteiger partial charge on any atom is -0.337 e. The molecule has 2 aromatic rings. The molecular weight excluding hydrogens is 418 g/mol. The molecule has 6 nitrogen and oxygen atoms in total. The molecule has 2 aromatic heterocycles. The molecule has 1 saturated carbocycles. The fourth-order valence-electron chi connectivity index (χ4n) is 4.32. The summed E-state index contributed by atoms with van der Waals surface area (Å²) in [5, 5.41) is 6.97. The molecule has 0 bridgehead atoms. The standard InChI is InChI=1S/C22H27N3O3S2/c26-19(9-13-25-20(27)22(23-21(25)28)10-2-1-3-11-22)24(16-18-7-5-15-30-18)12-8-17-6-4-14-29-17/h4-7,14-15H,1-3,8-13,16H2,(H,23,28). The van der Waals surface area contributed by atoms with Gasteiger partial charge in [-0.3, -0.25) is 14.5 Å². The van der Waals surface area contributed by atoms with Crippen LogP contribution in [0.25, 0.3) is 0 Å². The number of nitrogens with one attached hydrogen (secondary N) is 1. The van der Waals surface area contributed by atoms with Gasteiger partial charge in [-0.1, -0.05) is 31.4 Å². The Morgan fingerprint density at radius 2 is 1.77 bits per heavy atom. The second-order valence-corrected chi connectivity index (χ2v) is 10.1. The zero-order valence-corrected chi connectivity index (χ0v) is 18.6. The van der Waals surface area contributed by atoms with E-state index in [1.165, 1.54) is 9.78 Å². The lowest BCUT2D eigenvalue weighted by Crippen LogP contribution is -2.48. The third kappa shape index (κ3) is 4.59. The highest BCUT2D eigenvalue weighted by Crippen LogP contribution is 2.33. The SMILES string of the molecule is O=C(CCN1C(=O)NC2(CCCCC2)C1=O)N(CCc1cccs1)Cc1cccs1. The van der Waals surface area contributed by atoms with Gasteiger partial charge < -0.3 is 10.2 Å². The van der Waals surface area contributed by atoms with Crippen molar-refractivity contribution in [2.75, 3.05) is 13.1 Å². The van der Waals surface area contributed by atoms with E-state index in [4.69, 9.17) is 0 Å². The number of amides is 4. The van der Waals surface area contributed by atoms with Crippen LogP contribution in [0.1, 0.15) is 48.3 Å². The minimum absolute atomic E-state index is 0.0230. The van der Waals surface area contributed by atoms with Gasteiger partial charge in [0.05, 0.1) is 6.54 Å². The first-order valence-electron chi connectivity index (χ1n) is 10.5. The van der Waals surface area contributed by atoms with E-state index in [0.29, 0.717) is 25.9 Å². The topological polar surface area (TPSA) is 69.7 Å². The summed E-state index contributed by atoms with van der Waals surface area (Å²) in [7, 11) is 0. The summed E-state index contributed by atoms with van der Waals surface area (Å²) < 4.78 is 0. The average Bonchev–Trinajstić information content (AvgIpc) is 3.48. The van der Waals surface area contributed by atoms with Gasteiger partial charge in [0.15, 0.2) is 0 Å². The van der Waals surface area contributed by atoms with Gasteiger partial charge in [-0.05, 0) is 42.2 Å². The Labute approximate surface area is 184 Å². The number of hydrogen-bond donors (Lipinski definition) is 1. The number of thiophene rings is 2. The third-order valence-electron chi connectivity index (χ3n) is 5.99. The summed E-state index contributed by atoms with van der Waals surface area (Å²) >= 11 is 3.32. The third-order valence-corrected chi connectivity index (χ3v) is 7.79. The predicted octanol–water partition coefficient (Wildman–Crippen LogP) is 4.03. The lowest BCUT2D eigenvalue weighted by Gasteiger charge is -2.30. The highest BCUT2D eigenvalue weighted by molar-refractivity contribution is 7.10. The van der Waals surface area contributed by atoms with Crippen molar-refractivity contribution < 1.29 is 14.4 Å². The van der Waals surface area contributed by atoms with E-state index in [2.05, 4.69) is 11.4 Å². The van der Waals surface area contributed by atoms with Gasteiger partial charge in [-0.25, -0.2) is 4.79 Å². The van der Waals surface area contributed by atoms with Crippen molar-refractivity contribution in [3.8, 4) is 0 Å². The normalized spacial score (nSPS) is 18.1. The van der Waals surface area contributed by atoms with Crippen LogP contribution in [-0.2, 0) is 22.6 Å². The van der Waals surface area contributed by atoms with E-state index < -0.39 is 5.54 Å². The van der Waals surface area contributed by atoms with Crippen molar-refractivity contribution >= 4 is 40.5 Å². The summed E-state index contributed by atoms with van der Waals surface area (Å²) in [6.45, 7) is 1.33. The lowest BCUT2D eigenvalue weighted by molar-refractivity contribution is -0.134. The van der Waals surface area contributed by atoms with Gasteiger partial charge in [-0.15, -0.1) is 22.7 Å². The molecule has 0 unspecified atom stereocenters. The average molecular weight is 446 g/mol. The molecule has 160 valence electrons. The molecule has 8 heteroatoms. The molecule has 1 aliphatic heterocycles. The molecule has 1 N–H and O–H groups in total. The van der Waals surface area contributed by atoms with Crippen LogP contribution >= 0.6 is 22.7 Å². The van der Waals surface area contributed by atoms with E-state index >= 15 is 0 Å². The smallest absolute Gasteiger partial charge is 0.325 e. The molecule has 1 spiro atoms. The van der Waals surface area contributed by atoms with Crippen LogP contribution in [0.2, 0.25) is 0 Å². The van der Waals surface area contributed by atoms with E-state index in [1.54, 1.807) is 22.7 Å². The maximum absolute atomic E-state index is 13.0. The van der Waals surface area contributed by atoms with Crippen molar-refractivity contribution in [3.05, 3.63) is 44.8 Å². The zero-order valence-electron chi connectivity index (χ0n) is 17.0. The highest BCUT2D eigenvalue weighted by atomic mass is 32.1. The number of imide groups is 1. The summed E-state index contributed by atoms with van der Waals surface area (Å²) in [6.07, 6.45) is 5.38. The van der Waals surface area contributed by atoms with Crippen LogP contribution in [0.3, 0.4) is 0 Å². The number of hydrogen-bond acceptors (Lipinski definition) is 5. The van der Waals surface area contributed by atoms with Crippen LogP contribution in [0.15, 0.2) is 35.0 Å². The number of carbonyl (C=O) groups is 3. The molecule has 4 rings (SSSR count). The Hall–Kier alpha value is -2.19. The molecule has 30 heavy (non-hydrogen) atoms. The molecule has 1 aliphatic carbocycles. The molecular formula is C22H27N3O3S2. The summed E-state index contributed by atoms with van der Waals surface area (Å²) in [4.78, 5) is 43.9. The first-order chi connectivity index (χ1) is 14.6. The van der Waals surface area contributed by atoms with Crippen LogP contribution in [0, 0.1) is 0 Å². The summed E-state index contributed by atoms with van der Waals surface area (Å²) in [5.74, 6) is -0.173. The van der Waals surface area contributed by atoms with Gasteiger partial charge in [0.1, 0.15) is 5.54 Å².